The Hall–Kier alpha value is -5.24. The van der Waals surface area contributed by atoms with Gasteiger partial charge in [0.25, 0.3) is 0 Å². The highest BCUT2D eigenvalue weighted by molar-refractivity contribution is 6.04. The predicted octanol–water partition coefficient (Wildman–Crippen LogP) is 6.33. The van der Waals surface area contributed by atoms with E-state index in [9.17, 15) is 14.7 Å². The molecule has 8 heteroatoms. The van der Waals surface area contributed by atoms with E-state index >= 15 is 0 Å². The molecule has 0 spiro atoms. The van der Waals surface area contributed by atoms with E-state index < -0.39 is 17.6 Å². The van der Waals surface area contributed by atoms with Gasteiger partial charge in [-0.2, -0.15) is 0 Å². The zero-order valence-corrected chi connectivity index (χ0v) is 23.6. The minimum Gasteiger partial charge on any atom is -0.507 e. The second-order valence-corrected chi connectivity index (χ2v) is 9.63. The minimum absolute atomic E-state index is 0.0436. The lowest BCUT2D eigenvalue weighted by Crippen LogP contribution is -2.27. The smallest absolute Gasteiger partial charge is 0.196 e. The van der Waals surface area contributed by atoms with Crippen LogP contribution in [0.1, 0.15) is 38.9 Å². The van der Waals surface area contributed by atoms with Crippen LogP contribution in [0.15, 0.2) is 100 Å². The Morgan fingerprint density at radius 2 is 1.19 bits per heavy atom. The van der Waals surface area contributed by atoms with Crippen LogP contribution in [0.5, 0.6) is 28.7 Å². The van der Waals surface area contributed by atoms with Crippen molar-refractivity contribution >= 4 is 16.8 Å². The summed E-state index contributed by atoms with van der Waals surface area (Å²) in [5.41, 5.74) is 1.65. The van der Waals surface area contributed by atoms with Crippen LogP contribution in [-0.2, 0) is 0 Å². The number of Topliss-reactive ketones (excluding diaryl/α,β-unsaturated/α-hetero) is 1. The van der Waals surface area contributed by atoms with Crippen LogP contribution in [0.3, 0.4) is 0 Å². The molecule has 8 nitrogen and oxygen atoms in total. The summed E-state index contributed by atoms with van der Waals surface area (Å²) in [5, 5.41) is 11.2. The molecule has 0 radical (unpaired) electrons. The number of aromatic hydroxyl groups is 1. The lowest BCUT2D eigenvalue weighted by atomic mass is 9.73. The second kappa shape index (κ2) is 12.1. The summed E-state index contributed by atoms with van der Waals surface area (Å²) in [7, 11) is 6.14. The lowest BCUT2D eigenvalue weighted by molar-refractivity contribution is 0.0947. The quantitative estimate of drug-likeness (QED) is 0.196. The van der Waals surface area contributed by atoms with Crippen molar-refractivity contribution in [3.05, 3.63) is 124 Å². The van der Waals surface area contributed by atoms with Crippen LogP contribution in [-0.4, -0.2) is 39.3 Å². The fourth-order valence-electron chi connectivity index (χ4n) is 5.15. The van der Waals surface area contributed by atoms with Crippen molar-refractivity contribution in [1.82, 2.24) is 0 Å². The number of carbonyl (C=O) groups excluding carboxylic acids is 1. The van der Waals surface area contributed by atoms with Crippen molar-refractivity contribution in [3.8, 4) is 28.7 Å². The van der Waals surface area contributed by atoms with Crippen LogP contribution in [0, 0.1) is 0 Å². The van der Waals surface area contributed by atoms with E-state index in [0.717, 1.165) is 11.1 Å². The highest BCUT2D eigenvalue weighted by Gasteiger charge is 2.37. The van der Waals surface area contributed by atoms with E-state index in [-0.39, 0.29) is 22.3 Å². The van der Waals surface area contributed by atoms with Crippen molar-refractivity contribution in [3.63, 3.8) is 0 Å². The van der Waals surface area contributed by atoms with Gasteiger partial charge in [0.2, 0.25) is 0 Å². The van der Waals surface area contributed by atoms with Gasteiger partial charge < -0.3 is 28.5 Å². The minimum atomic E-state index is -1.09. The summed E-state index contributed by atoms with van der Waals surface area (Å²) in [5.74, 6) is -0.271. The SMILES string of the molecule is COc1ccc(C(c2ccc(OC)cc2)C(C(=O)c2ccc(OC)cc2O)c2coc3cc(OC)ccc3c2=O)cc1. The maximum absolute atomic E-state index is 14.5. The molecule has 1 atom stereocenters. The average molecular weight is 567 g/mol. The largest absolute Gasteiger partial charge is 0.507 e. The number of ether oxygens (including phenoxy) is 4. The molecular formula is C34H30O8. The average Bonchev–Trinajstić information content (AvgIpc) is 3.03. The molecule has 0 aliphatic rings. The second-order valence-electron chi connectivity index (χ2n) is 9.63. The van der Waals surface area contributed by atoms with E-state index in [0.29, 0.717) is 34.0 Å². The molecule has 5 rings (SSSR count). The number of ketones is 1. The van der Waals surface area contributed by atoms with E-state index in [1.165, 1.54) is 32.6 Å². The number of phenolic OH excluding ortho intramolecular Hbond substituents is 1. The summed E-state index contributed by atoms with van der Waals surface area (Å²) in [4.78, 5) is 28.6. The number of carbonyl (C=O) groups is 1. The zero-order chi connectivity index (χ0) is 29.8. The predicted molar refractivity (Wildman–Crippen MR) is 159 cm³/mol. The number of phenols is 1. The molecule has 1 N–H and O–H groups in total. The molecule has 0 saturated heterocycles. The Kier molecular flexibility index (Phi) is 8.15. The number of rotatable bonds is 10. The van der Waals surface area contributed by atoms with E-state index in [1.54, 1.807) is 62.8 Å². The molecule has 4 aromatic carbocycles. The molecular weight excluding hydrogens is 536 g/mol. The monoisotopic (exact) mass is 566 g/mol. The Morgan fingerprint density at radius 1 is 0.690 bits per heavy atom. The number of fused-ring (bicyclic) bond motifs is 1. The summed E-state index contributed by atoms with van der Waals surface area (Å²) >= 11 is 0. The van der Waals surface area contributed by atoms with E-state index in [2.05, 4.69) is 0 Å². The maximum atomic E-state index is 14.5. The Morgan fingerprint density at radius 3 is 1.71 bits per heavy atom. The van der Waals surface area contributed by atoms with Crippen molar-refractivity contribution in [1.29, 1.82) is 0 Å². The van der Waals surface area contributed by atoms with Gasteiger partial charge in [0, 0.05) is 23.6 Å². The molecule has 0 aliphatic carbocycles. The first kappa shape index (κ1) is 28.3. The van der Waals surface area contributed by atoms with Gasteiger partial charge in [-0.3, -0.25) is 9.59 Å². The molecule has 42 heavy (non-hydrogen) atoms. The molecule has 5 aromatic rings. The van der Waals surface area contributed by atoms with Gasteiger partial charge >= 0.3 is 0 Å². The molecule has 0 aliphatic heterocycles. The van der Waals surface area contributed by atoms with Crippen LogP contribution in [0.25, 0.3) is 11.0 Å². The summed E-state index contributed by atoms with van der Waals surface area (Å²) in [6.45, 7) is 0. The molecule has 0 bridgehead atoms. The van der Waals surface area contributed by atoms with Crippen LogP contribution in [0.4, 0.5) is 0 Å². The fourth-order valence-corrected chi connectivity index (χ4v) is 5.15. The highest BCUT2D eigenvalue weighted by atomic mass is 16.5. The lowest BCUT2D eigenvalue weighted by Gasteiger charge is -2.28. The molecule has 0 amide bonds. The summed E-state index contributed by atoms with van der Waals surface area (Å²) < 4.78 is 27.2. The third-order valence-electron chi connectivity index (χ3n) is 7.38. The zero-order valence-electron chi connectivity index (χ0n) is 23.6. The molecule has 1 aromatic heterocycles. The molecule has 0 saturated carbocycles. The van der Waals surface area contributed by atoms with Crippen LogP contribution in [0.2, 0.25) is 0 Å². The Balaban J connectivity index is 1.78. The van der Waals surface area contributed by atoms with Crippen LogP contribution < -0.4 is 24.4 Å². The van der Waals surface area contributed by atoms with Crippen molar-refractivity contribution in [2.24, 2.45) is 0 Å². The number of methoxy groups -OCH3 is 4. The normalized spacial score (nSPS) is 11.7. The van der Waals surface area contributed by atoms with Crippen LogP contribution >= 0.6 is 0 Å². The van der Waals surface area contributed by atoms with Gasteiger partial charge in [0.1, 0.15) is 34.3 Å². The number of hydrogen-bond donors (Lipinski definition) is 1. The fraction of sp³-hybridized carbons (Fsp3) is 0.176. The van der Waals surface area contributed by atoms with Crippen molar-refractivity contribution in [2.45, 2.75) is 11.8 Å². The van der Waals surface area contributed by atoms with Crippen molar-refractivity contribution < 1.29 is 33.3 Å². The molecule has 214 valence electrons. The highest BCUT2D eigenvalue weighted by Crippen LogP contribution is 2.42. The molecule has 0 fully saturated rings. The van der Waals surface area contributed by atoms with Gasteiger partial charge in [-0.15, -0.1) is 0 Å². The van der Waals surface area contributed by atoms with Gasteiger partial charge in [-0.1, -0.05) is 24.3 Å². The van der Waals surface area contributed by atoms with E-state index in [1.807, 2.05) is 24.3 Å². The van der Waals surface area contributed by atoms with Crippen molar-refractivity contribution in [2.75, 3.05) is 28.4 Å². The Bertz CT molecular complexity index is 1720. The molecule has 1 unspecified atom stereocenters. The van der Waals surface area contributed by atoms with Gasteiger partial charge in [-0.25, -0.2) is 0 Å². The van der Waals surface area contributed by atoms with E-state index in [4.69, 9.17) is 23.4 Å². The van der Waals surface area contributed by atoms with Gasteiger partial charge in [0.05, 0.1) is 51.6 Å². The third-order valence-corrected chi connectivity index (χ3v) is 7.38. The number of hydrogen-bond acceptors (Lipinski definition) is 8. The maximum Gasteiger partial charge on any atom is 0.196 e. The standard InChI is InChI=1S/C34H30O8/c1-38-22-9-5-20(6-10-22)31(21-7-11-23(39-2)12-8-21)32(34(37)26-15-13-24(40-3)17-29(26)35)28-19-42-30-18-25(41-4)14-16-27(30)33(28)36/h5-19,31-32,35H,1-4H3. The summed E-state index contributed by atoms with van der Waals surface area (Å²) in [6, 6.07) is 24.0. The first-order valence-corrected chi connectivity index (χ1v) is 13.2. The Labute approximate surface area is 242 Å². The molecule has 1 heterocycles. The number of benzene rings is 4. The topological polar surface area (TPSA) is 104 Å². The first-order valence-electron chi connectivity index (χ1n) is 13.2. The summed E-state index contributed by atoms with van der Waals surface area (Å²) in [6.07, 6.45) is 1.33. The first-order chi connectivity index (χ1) is 20.4. The van der Waals surface area contributed by atoms with Gasteiger partial charge in [-0.05, 0) is 59.7 Å². The van der Waals surface area contributed by atoms with Gasteiger partial charge in [0.15, 0.2) is 11.2 Å². The third kappa shape index (κ3) is 5.39.